The van der Waals surface area contributed by atoms with Gasteiger partial charge in [-0.2, -0.15) is 0 Å². The maximum absolute atomic E-state index is 12.3. The lowest BCUT2D eigenvalue weighted by Crippen LogP contribution is -2.22. The highest BCUT2D eigenvalue weighted by Gasteiger charge is 2.15. The Morgan fingerprint density at radius 2 is 2.22 bits per heavy atom. The number of benzene rings is 1. The topological polar surface area (TPSA) is 60.5 Å². The summed E-state index contributed by atoms with van der Waals surface area (Å²) in [4.78, 5) is 16.6. The minimum absolute atomic E-state index is 0.182. The fraction of sp³-hybridized carbons (Fsp3) is 0.375. The zero-order valence-corrected chi connectivity index (χ0v) is 15.7. The van der Waals surface area contributed by atoms with Gasteiger partial charge in [0.25, 0.3) is 5.91 Å². The number of carbonyl (C=O) groups is 1. The largest absolute Gasteiger partial charge is 0.493 e. The summed E-state index contributed by atoms with van der Waals surface area (Å²) in [6.45, 7) is 4.95. The van der Waals surface area contributed by atoms with Crippen LogP contribution in [0.2, 0.25) is 0 Å². The Labute approximate surface area is 148 Å². The molecule has 23 heavy (non-hydrogen) atoms. The first-order valence-corrected chi connectivity index (χ1v) is 8.92. The van der Waals surface area contributed by atoms with E-state index in [9.17, 15) is 4.79 Å². The highest BCUT2D eigenvalue weighted by Crippen LogP contribution is 2.36. The average Bonchev–Trinajstić information content (AvgIpc) is 2.96. The Bertz CT molecular complexity index is 688. The van der Waals surface area contributed by atoms with Gasteiger partial charge in [0.15, 0.2) is 11.5 Å². The van der Waals surface area contributed by atoms with Gasteiger partial charge >= 0.3 is 0 Å². The summed E-state index contributed by atoms with van der Waals surface area (Å²) in [5, 5.41) is 5.70. The molecule has 1 heterocycles. The van der Waals surface area contributed by atoms with Gasteiger partial charge in [-0.3, -0.25) is 4.79 Å². The smallest absolute Gasteiger partial charge is 0.251 e. The molecule has 0 aliphatic rings. The first kappa shape index (κ1) is 17.7. The summed E-state index contributed by atoms with van der Waals surface area (Å²) in [5.41, 5.74) is 1.46. The molecule has 0 atom stereocenters. The number of halogens is 1. The third-order valence-electron chi connectivity index (χ3n) is 3.01. The number of thiazole rings is 1. The molecule has 1 amide bonds. The van der Waals surface area contributed by atoms with Crippen LogP contribution in [0.5, 0.6) is 11.5 Å². The predicted molar refractivity (Wildman–Crippen MR) is 94.5 cm³/mol. The third kappa shape index (κ3) is 4.68. The van der Waals surface area contributed by atoms with E-state index in [1.807, 2.05) is 19.2 Å². The van der Waals surface area contributed by atoms with E-state index in [4.69, 9.17) is 9.47 Å². The molecule has 0 saturated carbocycles. The molecule has 0 radical (unpaired) electrons. The molecule has 1 aromatic carbocycles. The molecular formula is C16H19BrN2O3S. The van der Waals surface area contributed by atoms with Gasteiger partial charge in [0.2, 0.25) is 0 Å². The molecule has 1 N–H and O–H groups in total. The number of nitrogens with zero attached hydrogens (tertiary/aromatic N) is 1. The molecule has 1 aromatic heterocycles. The Kier molecular flexibility index (Phi) is 6.41. The molecule has 0 spiro atoms. The molecule has 0 bridgehead atoms. The number of amides is 1. The molecule has 0 fully saturated rings. The van der Waals surface area contributed by atoms with Crippen molar-refractivity contribution >= 4 is 33.2 Å². The Hall–Kier alpha value is -1.60. The fourth-order valence-corrected chi connectivity index (χ4v) is 3.20. The number of ether oxygens (including phenoxy) is 2. The summed E-state index contributed by atoms with van der Waals surface area (Å²) in [6.07, 6.45) is 0.894. The van der Waals surface area contributed by atoms with Crippen LogP contribution in [0.3, 0.4) is 0 Å². The van der Waals surface area contributed by atoms with Crippen molar-refractivity contribution < 1.29 is 14.3 Å². The molecule has 2 aromatic rings. The van der Waals surface area contributed by atoms with Crippen LogP contribution in [0.15, 0.2) is 22.0 Å². The van der Waals surface area contributed by atoms with Crippen LogP contribution in [-0.2, 0) is 6.54 Å². The molecule has 2 rings (SSSR count). The summed E-state index contributed by atoms with van der Waals surface area (Å²) in [7, 11) is 1.56. The van der Waals surface area contributed by atoms with Crippen LogP contribution in [0.1, 0.15) is 34.4 Å². The number of nitrogens with one attached hydrogen (secondary N) is 1. The van der Waals surface area contributed by atoms with Crippen LogP contribution in [0.25, 0.3) is 0 Å². The second-order valence-corrected chi connectivity index (χ2v) is 6.70. The lowest BCUT2D eigenvalue weighted by molar-refractivity contribution is 0.0950. The van der Waals surface area contributed by atoms with E-state index in [0.29, 0.717) is 34.7 Å². The molecule has 0 aliphatic heterocycles. The predicted octanol–water partition coefficient (Wildman–Crippen LogP) is 3.94. The van der Waals surface area contributed by atoms with Crippen molar-refractivity contribution in [2.75, 3.05) is 13.7 Å². The highest BCUT2D eigenvalue weighted by atomic mass is 79.9. The monoisotopic (exact) mass is 398 g/mol. The molecular weight excluding hydrogens is 380 g/mol. The van der Waals surface area contributed by atoms with Gasteiger partial charge in [0, 0.05) is 16.6 Å². The van der Waals surface area contributed by atoms with Crippen LogP contribution >= 0.6 is 27.3 Å². The van der Waals surface area contributed by atoms with E-state index in [0.717, 1.165) is 17.1 Å². The minimum atomic E-state index is -0.182. The Morgan fingerprint density at radius 1 is 1.43 bits per heavy atom. The van der Waals surface area contributed by atoms with Crippen LogP contribution < -0.4 is 14.8 Å². The lowest BCUT2D eigenvalue weighted by Gasteiger charge is -2.13. The first-order chi connectivity index (χ1) is 11.0. The average molecular weight is 399 g/mol. The molecule has 5 nitrogen and oxygen atoms in total. The van der Waals surface area contributed by atoms with E-state index in [1.165, 1.54) is 11.3 Å². The number of hydrogen-bond acceptors (Lipinski definition) is 5. The number of methoxy groups -OCH3 is 1. The number of rotatable bonds is 7. The van der Waals surface area contributed by atoms with Gasteiger partial charge in [-0.15, -0.1) is 11.3 Å². The Morgan fingerprint density at radius 3 is 2.83 bits per heavy atom. The third-order valence-corrected chi connectivity index (χ3v) is 4.56. The second-order valence-electron chi connectivity index (χ2n) is 4.90. The van der Waals surface area contributed by atoms with E-state index < -0.39 is 0 Å². The maximum Gasteiger partial charge on any atom is 0.251 e. The van der Waals surface area contributed by atoms with Crippen molar-refractivity contribution in [3.05, 3.63) is 38.3 Å². The second kappa shape index (κ2) is 8.31. The van der Waals surface area contributed by atoms with Crippen molar-refractivity contribution in [2.24, 2.45) is 0 Å². The van der Waals surface area contributed by atoms with Crippen molar-refractivity contribution in [2.45, 2.75) is 26.8 Å². The van der Waals surface area contributed by atoms with Gasteiger partial charge in [-0.1, -0.05) is 6.92 Å². The quantitative estimate of drug-likeness (QED) is 0.766. The highest BCUT2D eigenvalue weighted by molar-refractivity contribution is 9.10. The van der Waals surface area contributed by atoms with Crippen molar-refractivity contribution in [3.63, 3.8) is 0 Å². The number of aryl methyl sites for hydroxylation is 1. The molecule has 0 aliphatic carbocycles. The normalized spacial score (nSPS) is 10.4. The molecule has 7 heteroatoms. The van der Waals surface area contributed by atoms with Gasteiger partial charge in [0.05, 0.1) is 24.7 Å². The summed E-state index contributed by atoms with van der Waals surface area (Å²) in [6, 6.07) is 3.41. The summed E-state index contributed by atoms with van der Waals surface area (Å²) >= 11 is 4.97. The van der Waals surface area contributed by atoms with Crippen LogP contribution in [-0.4, -0.2) is 24.6 Å². The number of carbonyl (C=O) groups excluding carboxylic acids is 1. The van der Waals surface area contributed by atoms with Crippen molar-refractivity contribution in [3.8, 4) is 11.5 Å². The van der Waals surface area contributed by atoms with Gasteiger partial charge in [-0.05, 0) is 41.4 Å². The van der Waals surface area contributed by atoms with Crippen LogP contribution in [0.4, 0.5) is 0 Å². The van der Waals surface area contributed by atoms with Gasteiger partial charge < -0.3 is 14.8 Å². The standard InChI is InChI=1S/C16H19BrN2O3S/c1-4-5-22-15-12(17)6-11(7-13(15)21-3)16(20)18-8-14-19-10(2)9-23-14/h6-7,9H,4-5,8H2,1-3H3,(H,18,20). The first-order valence-electron chi connectivity index (χ1n) is 7.24. The zero-order chi connectivity index (χ0) is 16.8. The lowest BCUT2D eigenvalue weighted by atomic mass is 10.2. The van der Waals surface area contributed by atoms with Crippen molar-refractivity contribution in [1.82, 2.24) is 10.3 Å². The SMILES string of the molecule is CCCOc1c(Br)cc(C(=O)NCc2nc(C)cs2)cc1OC. The number of hydrogen-bond donors (Lipinski definition) is 1. The van der Waals surface area contributed by atoms with Gasteiger partial charge in [-0.25, -0.2) is 4.98 Å². The van der Waals surface area contributed by atoms with E-state index in [2.05, 4.69) is 26.2 Å². The van der Waals surface area contributed by atoms with E-state index in [-0.39, 0.29) is 5.91 Å². The minimum Gasteiger partial charge on any atom is -0.493 e. The van der Waals surface area contributed by atoms with Crippen LogP contribution in [0, 0.1) is 6.92 Å². The molecule has 124 valence electrons. The zero-order valence-electron chi connectivity index (χ0n) is 13.3. The number of aromatic nitrogens is 1. The molecule has 0 saturated heterocycles. The summed E-state index contributed by atoms with van der Waals surface area (Å²) < 4.78 is 11.7. The summed E-state index contributed by atoms with van der Waals surface area (Å²) in [5.74, 6) is 0.961. The molecule has 0 unspecified atom stereocenters. The van der Waals surface area contributed by atoms with Crippen molar-refractivity contribution in [1.29, 1.82) is 0 Å². The Balaban J connectivity index is 2.12. The van der Waals surface area contributed by atoms with Gasteiger partial charge in [0.1, 0.15) is 5.01 Å². The van der Waals surface area contributed by atoms with E-state index >= 15 is 0 Å². The van der Waals surface area contributed by atoms with E-state index in [1.54, 1.807) is 19.2 Å². The fourth-order valence-electron chi connectivity index (χ4n) is 1.94. The maximum atomic E-state index is 12.3.